The summed E-state index contributed by atoms with van der Waals surface area (Å²) in [6.07, 6.45) is 4.05. The smallest absolute Gasteiger partial charge is 0.289 e. The normalized spacial score (nSPS) is 22.9. The monoisotopic (exact) mass is 333 g/mol. The summed E-state index contributed by atoms with van der Waals surface area (Å²) >= 11 is 0. The highest BCUT2D eigenvalue weighted by Gasteiger charge is 2.26. The van der Waals surface area contributed by atoms with Crippen LogP contribution in [-0.2, 0) is 0 Å². The van der Waals surface area contributed by atoms with Crippen LogP contribution in [0.5, 0.6) is 0 Å². The van der Waals surface area contributed by atoms with E-state index in [2.05, 4.69) is 27.2 Å². The maximum absolute atomic E-state index is 12.3. The summed E-state index contributed by atoms with van der Waals surface area (Å²) in [4.78, 5) is 23.2. The van der Waals surface area contributed by atoms with Crippen molar-refractivity contribution in [1.82, 2.24) is 20.0 Å². The van der Waals surface area contributed by atoms with Gasteiger partial charge in [-0.05, 0) is 38.6 Å². The van der Waals surface area contributed by atoms with Gasteiger partial charge in [0.15, 0.2) is 11.7 Å². The number of carbonyl (C=O) groups excluding carboxylic acids is 1. The fourth-order valence-electron chi connectivity index (χ4n) is 3.46. The molecule has 2 saturated heterocycles. The number of aliphatic imine (C=N–C) groups is 1. The van der Waals surface area contributed by atoms with Gasteiger partial charge in [-0.3, -0.25) is 9.79 Å². The van der Waals surface area contributed by atoms with Gasteiger partial charge in [0, 0.05) is 45.8 Å². The lowest BCUT2D eigenvalue weighted by molar-refractivity contribution is 0.0657. The lowest BCUT2D eigenvalue weighted by atomic mass is 10.2. The average Bonchev–Trinajstić information content (AvgIpc) is 3.27. The number of nitrogens with zero attached hydrogens (tertiary/aromatic N) is 4. The van der Waals surface area contributed by atoms with Gasteiger partial charge in [-0.25, -0.2) is 0 Å². The molecule has 0 spiro atoms. The maximum atomic E-state index is 12.3. The molecule has 0 aromatic carbocycles. The van der Waals surface area contributed by atoms with Crippen LogP contribution in [0.2, 0.25) is 0 Å². The fourth-order valence-corrected chi connectivity index (χ4v) is 3.46. The number of hydrogen-bond donors (Lipinski definition) is 1. The number of nitrogens with one attached hydrogen (secondary N) is 1. The third-order valence-electron chi connectivity index (χ3n) is 4.98. The van der Waals surface area contributed by atoms with Crippen LogP contribution < -0.4 is 5.32 Å². The second kappa shape index (κ2) is 7.70. The van der Waals surface area contributed by atoms with Crippen LogP contribution in [0.4, 0.5) is 0 Å². The van der Waals surface area contributed by atoms with Crippen LogP contribution in [0.1, 0.15) is 23.4 Å². The van der Waals surface area contributed by atoms with E-state index in [1.165, 1.54) is 25.6 Å². The Bertz CT molecular complexity index is 564. The molecule has 2 aliphatic rings. The van der Waals surface area contributed by atoms with Crippen molar-refractivity contribution in [2.75, 3.05) is 53.4 Å². The van der Waals surface area contributed by atoms with E-state index in [1.807, 2.05) is 11.9 Å². The van der Waals surface area contributed by atoms with Crippen LogP contribution in [-0.4, -0.2) is 86.0 Å². The van der Waals surface area contributed by atoms with E-state index in [9.17, 15) is 4.79 Å². The van der Waals surface area contributed by atoms with E-state index < -0.39 is 0 Å². The van der Waals surface area contributed by atoms with Crippen LogP contribution in [0.25, 0.3) is 0 Å². The van der Waals surface area contributed by atoms with Crippen molar-refractivity contribution < 1.29 is 9.21 Å². The molecule has 132 valence electrons. The molecule has 1 unspecified atom stereocenters. The summed E-state index contributed by atoms with van der Waals surface area (Å²) in [5, 5.41) is 3.50. The Morgan fingerprint density at radius 3 is 2.62 bits per heavy atom. The van der Waals surface area contributed by atoms with Gasteiger partial charge in [0.1, 0.15) is 0 Å². The van der Waals surface area contributed by atoms with Gasteiger partial charge < -0.3 is 24.4 Å². The van der Waals surface area contributed by atoms with Crippen molar-refractivity contribution in [3.05, 3.63) is 24.2 Å². The van der Waals surface area contributed by atoms with Gasteiger partial charge in [-0.2, -0.15) is 0 Å². The molecule has 0 bridgehead atoms. The molecular formula is C17H27N5O2. The third-order valence-corrected chi connectivity index (χ3v) is 4.98. The number of hydrogen-bond acceptors (Lipinski definition) is 4. The first kappa shape index (κ1) is 16.8. The molecule has 3 heterocycles. The molecule has 24 heavy (non-hydrogen) atoms. The van der Waals surface area contributed by atoms with E-state index in [1.54, 1.807) is 12.1 Å². The van der Waals surface area contributed by atoms with Crippen LogP contribution >= 0.6 is 0 Å². The molecule has 0 aliphatic carbocycles. The number of rotatable bonds is 3. The first-order chi connectivity index (χ1) is 11.7. The van der Waals surface area contributed by atoms with Crippen LogP contribution in [0.15, 0.2) is 27.8 Å². The van der Waals surface area contributed by atoms with Gasteiger partial charge in [0.2, 0.25) is 0 Å². The predicted molar refractivity (Wildman–Crippen MR) is 93.2 cm³/mol. The van der Waals surface area contributed by atoms with E-state index in [0.717, 1.165) is 25.6 Å². The summed E-state index contributed by atoms with van der Waals surface area (Å²) in [6.45, 7) is 5.04. The molecule has 3 rings (SSSR count). The van der Waals surface area contributed by atoms with Crippen molar-refractivity contribution in [1.29, 1.82) is 0 Å². The number of furan rings is 1. The third kappa shape index (κ3) is 3.72. The highest BCUT2D eigenvalue weighted by molar-refractivity contribution is 5.91. The molecule has 1 aromatic heterocycles. The first-order valence-corrected chi connectivity index (χ1v) is 8.67. The zero-order valence-electron chi connectivity index (χ0n) is 14.6. The molecule has 2 aliphatic heterocycles. The maximum Gasteiger partial charge on any atom is 0.289 e. The van der Waals surface area contributed by atoms with Crippen molar-refractivity contribution in [3.63, 3.8) is 0 Å². The van der Waals surface area contributed by atoms with Gasteiger partial charge in [0.25, 0.3) is 5.91 Å². The summed E-state index contributed by atoms with van der Waals surface area (Å²) in [5.41, 5.74) is 0. The second-order valence-electron chi connectivity index (χ2n) is 6.46. The minimum atomic E-state index is -0.0322. The van der Waals surface area contributed by atoms with Crippen LogP contribution in [0.3, 0.4) is 0 Å². The quantitative estimate of drug-likeness (QED) is 0.652. The predicted octanol–water partition coefficient (Wildman–Crippen LogP) is 0.707. The number of likely N-dealkylation sites (N-methyl/N-ethyl adjacent to an activating group) is 1. The Morgan fingerprint density at radius 2 is 2.04 bits per heavy atom. The molecule has 7 heteroatoms. The number of amides is 1. The standard InChI is InChI=1S/C17H27N5O2/c1-18-17(19-13-14-5-3-7-20(14)2)22-10-8-21(9-11-22)16(23)15-6-4-12-24-15/h4,6,12,14H,3,5,7-11,13H2,1-2H3,(H,18,19). The molecule has 1 N–H and O–H groups in total. The highest BCUT2D eigenvalue weighted by atomic mass is 16.3. The number of guanidine groups is 1. The Morgan fingerprint density at radius 1 is 1.29 bits per heavy atom. The Hall–Kier alpha value is -2.02. The molecule has 2 fully saturated rings. The van der Waals surface area contributed by atoms with E-state index in [0.29, 0.717) is 24.9 Å². The molecule has 1 atom stereocenters. The highest BCUT2D eigenvalue weighted by Crippen LogP contribution is 2.14. The topological polar surface area (TPSA) is 64.3 Å². The fraction of sp³-hybridized carbons (Fsp3) is 0.647. The molecule has 1 aromatic rings. The summed E-state index contributed by atoms with van der Waals surface area (Å²) < 4.78 is 5.20. The zero-order chi connectivity index (χ0) is 16.9. The number of likely N-dealkylation sites (tertiary alicyclic amines) is 1. The van der Waals surface area contributed by atoms with Gasteiger partial charge >= 0.3 is 0 Å². The Kier molecular flexibility index (Phi) is 5.40. The first-order valence-electron chi connectivity index (χ1n) is 8.67. The summed E-state index contributed by atoms with van der Waals surface area (Å²) in [7, 11) is 4.00. The van der Waals surface area contributed by atoms with E-state index in [4.69, 9.17) is 4.42 Å². The Labute approximate surface area is 143 Å². The van der Waals surface area contributed by atoms with Crippen molar-refractivity contribution in [2.45, 2.75) is 18.9 Å². The van der Waals surface area contributed by atoms with Crippen molar-refractivity contribution >= 4 is 11.9 Å². The average molecular weight is 333 g/mol. The van der Waals surface area contributed by atoms with E-state index in [-0.39, 0.29) is 5.91 Å². The van der Waals surface area contributed by atoms with Gasteiger partial charge in [0.05, 0.1) is 6.26 Å². The number of piperazine rings is 1. The van der Waals surface area contributed by atoms with Gasteiger partial charge in [-0.15, -0.1) is 0 Å². The van der Waals surface area contributed by atoms with Gasteiger partial charge in [-0.1, -0.05) is 0 Å². The lowest BCUT2D eigenvalue weighted by Crippen LogP contribution is -2.54. The molecule has 0 radical (unpaired) electrons. The number of carbonyl (C=O) groups is 1. The summed E-state index contributed by atoms with van der Waals surface area (Å²) in [6, 6.07) is 4.05. The lowest BCUT2D eigenvalue weighted by Gasteiger charge is -2.36. The molecule has 1 amide bonds. The summed E-state index contributed by atoms with van der Waals surface area (Å²) in [5.74, 6) is 1.31. The Balaban J connectivity index is 1.48. The minimum Gasteiger partial charge on any atom is -0.459 e. The van der Waals surface area contributed by atoms with Crippen molar-refractivity contribution in [2.24, 2.45) is 4.99 Å². The molecular weight excluding hydrogens is 306 g/mol. The second-order valence-corrected chi connectivity index (χ2v) is 6.46. The molecule has 0 saturated carbocycles. The van der Waals surface area contributed by atoms with Crippen molar-refractivity contribution in [3.8, 4) is 0 Å². The van der Waals surface area contributed by atoms with Crippen LogP contribution in [0, 0.1) is 0 Å². The minimum absolute atomic E-state index is 0.0322. The zero-order valence-corrected chi connectivity index (χ0v) is 14.6. The SMILES string of the molecule is CN=C(NCC1CCCN1C)N1CCN(C(=O)c2ccco2)CC1. The van der Waals surface area contributed by atoms with E-state index >= 15 is 0 Å². The largest absolute Gasteiger partial charge is 0.459 e. The molecule has 7 nitrogen and oxygen atoms in total.